The summed E-state index contributed by atoms with van der Waals surface area (Å²) in [6.07, 6.45) is 0. The Morgan fingerprint density at radius 3 is 2.68 bits per heavy atom. The molecule has 1 heterocycles. The van der Waals surface area contributed by atoms with Gasteiger partial charge < -0.3 is 15.4 Å². The molecular weight excluding hydrogens is 393 g/mol. The number of hydrogen-bond acceptors (Lipinski definition) is 3. The molecule has 0 aliphatic heterocycles. The summed E-state index contributed by atoms with van der Waals surface area (Å²) in [6.45, 7) is 12.3. The molecule has 0 amide bonds. The van der Waals surface area contributed by atoms with Gasteiger partial charge in [-0.05, 0) is 32.8 Å². The fourth-order valence-electron chi connectivity index (χ4n) is 2.10. The second-order valence-electron chi connectivity index (χ2n) is 5.29. The molecule has 1 rings (SSSR count). The van der Waals surface area contributed by atoms with E-state index < -0.39 is 0 Å². The standard InChI is InChI=1S/C15H29N5O.HI/c1-6-21-8-7-17-15(16-5)18-10-12(2)11-20-14(4)9-13(3)19-20;/h9,12H,6-8,10-11H2,1-5H3,(H2,16,17,18);1H. The van der Waals surface area contributed by atoms with Crippen molar-refractivity contribution < 1.29 is 4.74 Å². The molecule has 0 aromatic carbocycles. The van der Waals surface area contributed by atoms with E-state index in [1.165, 1.54) is 5.69 Å². The molecule has 0 bridgehead atoms. The fourth-order valence-corrected chi connectivity index (χ4v) is 2.10. The predicted molar refractivity (Wildman–Crippen MR) is 102 cm³/mol. The Morgan fingerprint density at radius 2 is 2.14 bits per heavy atom. The van der Waals surface area contributed by atoms with Crippen LogP contribution in [0.25, 0.3) is 0 Å². The van der Waals surface area contributed by atoms with Crippen molar-refractivity contribution in [3.8, 4) is 0 Å². The van der Waals surface area contributed by atoms with Gasteiger partial charge in [0.05, 0.1) is 12.3 Å². The monoisotopic (exact) mass is 423 g/mol. The number of halogens is 1. The van der Waals surface area contributed by atoms with Gasteiger partial charge in [0.2, 0.25) is 0 Å². The molecule has 22 heavy (non-hydrogen) atoms. The molecule has 7 heteroatoms. The van der Waals surface area contributed by atoms with E-state index in [0.717, 1.165) is 37.9 Å². The third kappa shape index (κ3) is 7.98. The van der Waals surface area contributed by atoms with E-state index in [0.29, 0.717) is 12.5 Å². The van der Waals surface area contributed by atoms with Gasteiger partial charge in [0, 0.05) is 39.0 Å². The second-order valence-corrected chi connectivity index (χ2v) is 5.29. The summed E-state index contributed by atoms with van der Waals surface area (Å²) in [7, 11) is 1.78. The Balaban J connectivity index is 0.00000441. The molecule has 0 saturated heterocycles. The number of nitrogens with zero attached hydrogens (tertiary/aromatic N) is 3. The van der Waals surface area contributed by atoms with Crippen LogP contribution in [0.2, 0.25) is 0 Å². The molecule has 1 aromatic heterocycles. The first-order valence-electron chi connectivity index (χ1n) is 7.60. The minimum Gasteiger partial charge on any atom is -0.380 e. The average molecular weight is 423 g/mol. The number of ether oxygens (including phenoxy) is 1. The Labute approximate surface area is 151 Å². The second kappa shape index (κ2) is 11.7. The van der Waals surface area contributed by atoms with Crippen LogP contribution in [0.4, 0.5) is 0 Å². The highest BCUT2D eigenvalue weighted by atomic mass is 127. The SMILES string of the molecule is CCOCCNC(=NC)NCC(C)Cn1nc(C)cc1C.I. The van der Waals surface area contributed by atoms with E-state index >= 15 is 0 Å². The molecular formula is C15H30IN5O. The maximum absolute atomic E-state index is 5.29. The van der Waals surface area contributed by atoms with Crippen molar-refractivity contribution in [1.29, 1.82) is 0 Å². The first-order chi connectivity index (χ1) is 10.1. The van der Waals surface area contributed by atoms with E-state index in [1.807, 2.05) is 13.8 Å². The van der Waals surface area contributed by atoms with E-state index in [9.17, 15) is 0 Å². The molecule has 0 fully saturated rings. The molecule has 128 valence electrons. The van der Waals surface area contributed by atoms with Crippen LogP contribution in [0.5, 0.6) is 0 Å². The molecule has 0 saturated carbocycles. The quantitative estimate of drug-likeness (QED) is 0.291. The zero-order valence-corrected chi connectivity index (χ0v) is 16.7. The van der Waals surface area contributed by atoms with Gasteiger partial charge in [-0.3, -0.25) is 9.67 Å². The summed E-state index contributed by atoms with van der Waals surface area (Å²) in [5.74, 6) is 1.28. The lowest BCUT2D eigenvalue weighted by atomic mass is 10.2. The lowest BCUT2D eigenvalue weighted by Gasteiger charge is -2.16. The summed E-state index contributed by atoms with van der Waals surface area (Å²) in [5.41, 5.74) is 2.28. The van der Waals surface area contributed by atoms with E-state index in [2.05, 4.69) is 45.3 Å². The van der Waals surface area contributed by atoms with Crippen molar-refractivity contribution in [2.45, 2.75) is 34.2 Å². The Bertz CT molecular complexity index is 447. The third-order valence-electron chi connectivity index (χ3n) is 3.17. The van der Waals surface area contributed by atoms with Gasteiger partial charge in [-0.25, -0.2) is 0 Å². The summed E-state index contributed by atoms with van der Waals surface area (Å²) >= 11 is 0. The molecule has 0 spiro atoms. The predicted octanol–water partition coefficient (Wildman–Crippen LogP) is 1.96. The van der Waals surface area contributed by atoms with Crippen LogP contribution >= 0.6 is 24.0 Å². The van der Waals surface area contributed by atoms with Crippen LogP contribution in [0, 0.1) is 19.8 Å². The number of guanidine groups is 1. The molecule has 2 N–H and O–H groups in total. The lowest BCUT2D eigenvalue weighted by Crippen LogP contribution is -2.41. The number of aliphatic imine (C=N–C) groups is 1. The largest absolute Gasteiger partial charge is 0.380 e. The van der Waals surface area contributed by atoms with Crippen molar-refractivity contribution in [3.63, 3.8) is 0 Å². The molecule has 1 unspecified atom stereocenters. The molecule has 0 radical (unpaired) electrons. The maximum atomic E-state index is 5.29. The van der Waals surface area contributed by atoms with Crippen molar-refractivity contribution in [2.24, 2.45) is 10.9 Å². The number of aryl methyl sites for hydroxylation is 2. The minimum atomic E-state index is 0. The van der Waals surface area contributed by atoms with E-state index in [-0.39, 0.29) is 24.0 Å². The van der Waals surface area contributed by atoms with Crippen LogP contribution in [0.3, 0.4) is 0 Å². The van der Waals surface area contributed by atoms with Gasteiger partial charge >= 0.3 is 0 Å². The highest BCUT2D eigenvalue weighted by Crippen LogP contribution is 2.05. The smallest absolute Gasteiger partial charge is 0.191 e. The highest BCUT2D eigenvalue weighted by Gasteiger charge is 2.08. The van der Waals surface area contributed by atoms with Crippen LogP contribution in [-0.4, -0.2) is 49.1 Å². The summed E-state index contributed by atoms with van der Waals surface area (Å²) < 4.78 is 7.35. The summed E-state index contributed by atoms with van der Waals surface area (Å²) in [5, 5.41) is 11.1. The van der Waals surface area contributed by atoms with Gasteiger partial charge in [0.15, 0.2) is 5.96 Å². The Kier molecular flexibility index (Phi) is 11.3. The van der Waals surface area contributed by atoms with E-state index in [4.69, 9.17) is 4.74 Å². The van der Waals surface area contributed by atoms with Crippen LogP contribution in [-0.2, 0) is 11.3 Å². The van der Waals surface area contributed by atoms with Gasteiger partial charge in [0.1, 0.15) is 0 Å². The first-order valence-corrected chi connectivity index (χ1v) is 7.60. The highest BCUT2D eigenvalue weighted by molar-refractivity contribution is 14.0. The zero-order valence-electron chi connectivity index (χ0n) is 14.3. The third-order valence-corrected chi connectivity index (χ3v) is 3.17. The van der Waals surface area contributed by atoms with Crippen molar-refractivity contribution in [1.82, 2.24) is 20.4 Å². The van der Waals surface area contributed by atoms with E-state index in [1.54, 1.807) is 7.05 Å². The molecule has 0 aliphatic carbocycles. The van der Waals surface area contributed by atoms with Crippen molar-refractivity contribution in [3.05, 3.63) is 17.5 Å². The fraction of sp³-hybridized carbons (Fsp3) is 0.733. The van der Waals surface area contributed by atoms with Gasteiger partial charge in [0.25, 0.3) is 0 Å². The molecule has 0 aliphatic rings. The number of nitrogens with one attached hydrogen (secondary N) is 2. The molecule has 1 aromatic rings. The van der Waals surface area contributed by atoms with Crippen LogP contribution < -0.4 is 10.6 Å². The minimum absolute atomic E-state index is 0. The molecule has 6 nitrogen and oxygen atoms in total. The lowest BCUT2D eigenvalue weighted by molar-refractivity contribution is 0.152. The number of hydrogen-bond donors (Lipinski definition) is 2. The molecule has 1 atom stereocenters. The summed E-state index contributed by atoms with van der Waals surface area (Å²) in [4.78, 5) is 4.20. The van der Waals surface area contributed by atoms with Crippen LogP contribution in [0.15, 0.2) is 11.1 Å². The van der Waals surface area contributed by atoms with Gasteiger partial charge in [-0.1, -0.05) is 6.92 Å². The Hall–Kier alpha value is -0.830. The normalized spacial score (nSPS) is 12.7. The average Bonchev–Trinajstić information content (AvgIpc) is 2.76. The van der Waals surface area contributed by atoms with Crippen LogP contribution in [0.1, 0.15) is 25.2 Å². The van der Waals surface area contributed by atoms with Gasteiger partial charge in [-0.15, -0.1) is 24.0 Å². The number of rotatable bonds is 8. The Morgan fingerprint density at radius 1 is 1.41 bits per heavy atom. The first kappa shape index (κ1) is 21.2. The number of aromatic nitrogens is 2. The summed E-state index contributed by atoms with van der Waals surface area (Å²) in [6, 6.07) is 2.11. The van der Waals surface area contributed by atoms with Crippen molar-refractivity contribution >= 4 is 29.9 Å². The maximum Gasteiger partial charge on any atom is 0.191 e. The zero-order chi connectivity index (χ0) is 15.7. The van der Waals surface area contributed by atoms with Crippen molar-refractivity contribution in [2.75, 3.05) is 33.4 Å². The van der Waals surface area contributed by atoms with Gasteiger partial charge in [-0.2, -0.15) is 5.10 Å². The topological polar surface area (TPSA) is 63.5 Å².